The summed E-state index contributed by atoms with van der Waals surface area (Å²) in [6, 6.07) is 5.63. The Kier molecular flexibility index (Phi) is 3.99. The number of anilines is 1. The molecule has 3 heterocycles. The third kappa shape index (κ3) is 3.35. The molecule has 6 nitrogen and oxygen atoms in total. The molecule has 1 saturated heterocycles. The van der Waals surface area contributed by atoms with Gasteiger partial charge in [0.1, 0.15) is 5.15 Å². The fraction of sp³-hybridized carbons (Fsp3) is 0.400. The van der Waals surface area contributed by atoms with Crippen molar-refractivity contribution in [2.24, 2.45) is 0 Å². The van der Waals surface area contributed by atoms with Gasteiger partial charge in [-0.05, 0) is 37.6 Å². The van der Waals surface area contributed by atoms with E-state index in [9.17, 15) is 0 Å². The van der Waals surface area contributed by atoms with Crippen LogP contribution in [0.2, 0.25) is 5.15 Å². The lowest BCUT2D eigenvalue weighted by Crippen LogP contribution is -2.47. The summed E-state index contributed by atoms with van der Waals surface area (Å²) >= 11 is 6.16. The monoisotopic (exact) mass is 319 g/mol. The molecule has 0 spiro atoms. The minimum Gasteiger partial charge on any atom is -0.372 e. The minimum absolute atomic E-state index is 0.0754. The molecule has 7 heteroatoms. The third-order valence-electron chi connectivity index (χ3n) is 3.57. The van der Waals surface area contributed by atoms with E-state index in [0.29, 0.717) is 23.1 Å². The molecule has 116 valence electrons. The summed E-state index contributed by atoms with van der Waals surface area (Å²) < 4.78 is 5.87. The van der Waals surface area contributed by atoms with Crippen LogP contribution < -0.4 is 11.1 Å². The molecule has 0 aliphatic carbocycles. The summed E-state index contributed by atoms with van der Waals surface area (Å²) in [5, 5.41) is 3.89. The summed E-state index contributed by atoms with van der Waals surface area (Å²) in [5.74, 6) is 0.210. The van der Waals surface area contributed by atoms with Gasteiger partial charge < -0.3 is 15.8 Å². The van der Waals surface area contributed by atoms with Crippen LogP contribution in [0.3, 0.4) is 0 Å². The predicted octanol–water partition coefficient (Wildman–Crippen LogP) is 2.21. The molecule has 0 radical (unpaired) electrons. The number of pyridine rings is 1. The summed E-state index contributed by atoms with van der Waals surface area (Å²) in [6.07, 6.45) is 1.60. The quantitative estimate of drug-likeness (QED) is 0.825. The Morgan fingerprint density at radius 1 is 1.32 bits per heavy atom. The summed E-state index contributed by atoms with van der Waals surface area (Å²) in [6.45, 7) is 5.47. The van der Waals surface area contributed by atoms with Crippen molar-refractivity contribution in [1.29, 1.82) is 0 Å². The van der Waals surface area contributed by atoms with Crippen LogP contribution in [0.4, 0.5) is 5.95 Å². The first-order valence-electron chi connectivity index (χ1n) is 7.07. The number of ether oxygens (including phenoxy) is 1. The normalized spacial score (nSPS) is 20.8. The summed E-state index contributed by atoms with van der Waals surface area (Å²) in [4.78, 5) is 12.4. The first kappa shape index (κ1) is 15.1. The largest absolute Gasteiger partial charge is 0.372 e. The Morgan fingerprint density at radius 2 is 2.14 bits per heavy atom. The zero-order chi connectivity index (χ0) is 15.7. The molecule has 3 N–H and O–H groups in total. The molecule has 22 heavy (non-hydrogen) atoms. The summed E-state index contributed by atoms with van der Waals surface area (Å²) in [7, 11) is 0. The molecule has 1 fully saturated rings. The third-order valence-corrected chi connectivity index (χ3v) is 3.76. The topological polar surface area (TPSA) is 86.0 Å². The highest BCUT2D eigenvalue weighted by molar-refractivity contribution is 6.29. The lowest BCUT2D eigenvalue weighted by molar-refractivity contribution is -0.0586. The van der Waals surface area contributed by atoms with Gasteiger partial charge in [0.15, 0.2) is 0 Å². The fourth-order valence-electron chi connectivity index (χ4n) is 2.37. The van der Waals surface area contributed by atoms with Crippen LogP contribution in [0.15, 0.2) is 24.4 Å². The van der Waals surface area contributed by atoms with E-state index in [4.69, 9.17) is 22.1 Å². The van der Waals surface area contributed by atoms with E-state index in [0.717, 1.165) is 12.1 Å². The number of rotatable bonds is 2. The number of nitrogens with zero attached hydrogens (tertiary/aromatic N) is 3. The highest BCUT2D eigenvalue weighted by Crippen LogP contribution is 2.27. The standard InChI is InChI=1S/C15H18ClN5O/c1-15(2)8-19-12(7-22-15)9-5-11(20-13(16)6-9)10-3-4-18-14(17)21-10/h3-6,12,19H,7-8H2,1-2H3,(H2,17,18,21). The Hall–Kier alpha value is -1.76. The van der Waals surface area contributed by atoms with Gasteiger partial charge in [-0.3, -0.25) is 0 Å². The number of morpholine rings is 1. The van der Waals surface area contributed by atoms with E-state index in [1.165, 1.54) is 0 Å². The highest BCUT2D eigenvalue weighted by Gasteiger charge is 2.28. The van der Waals surface area contributed by atoms with Gasteiger partial charge in [-0.1, -0.05) is 11.6 Å². The first-order valence-corrected chi connectivity index (χ1v) is 7.44. The van der Waals surface area contributed by atoms with Gasteiger partial charge in [0.25, 0.3) is 0 Å². The van der Waals surface area contributed by atoms with Crippen LogP contribution in [0, 0.1) is 0 Å². The van der Waals surface area contributed by atoms with Crippen LogP contribution in [0.25, 0.3) is 11.4 Å². The van der Waals surface area contributed by atoms with E-state index in [2.05, 4.69) is 34.1 Å². The van der Waals surface area contributed by atoms with Crippen molar-refractivity contribution in [2.75, 3.05) is 18.9 Å². The maximum atomic E-state index is 6.16. The molecule has 0 amide bonds. The molecule has 1 unspecified atom stereocenters. The second kappa shape index (κ2) is 5.79. The lowest BCUT2D eigenvalue weighted by atomic mass is 10.0. The van der Waals surface area contributed by atoms with Crippen LogP contribution in [0.1, 0.15) is 25.5 Å². The number of aromatic nitrogens is 3. The maximum absolute atomic E-state index is 6.16. The first-order chi connectivity index (χ1) is 10.4. The Bertz CT molecular complexity index is 681. The molecule has 0 bridgehead atoms. The van der Waals surface area contributed by atoms with Gasteiger partial charge in [0.05, 0.1) is 29.6 Å². The van der Waals surface area contributed by atoms with Crippen LogP contribution in [0.5, 0.6) is 0 Å². The maximum Gasteiger partial charge on any atom is 0.220 e. The van der Waals surface area contributed by atoms with E-state index < -0.39 is 0 Å². The highest BCUT2D eigenvalue weighted by atomic mass is 35.5. The van der Waals surface area contributed by atoms with Gasteiger partial charge >= 0.3 is 0 Å². The van der Waals surface area contributed by atoms with Gasteiger partial charge in [-0.25, -0.2) is 15.0 Å². The number of hydrogen-bond acceptors (Lipinski definition) is 6. The molecule has 1 aliphatic heterocycles. The van der Waals surface area contributed by atoms with Crippen LogP contribution >= 0.6 is 11.6 Å². The van der Waals surface area contributed by atoms with Crippen LogP contribution in [-0.2, 0) is 4.74 Å². The van der Waals surface area contributed by atoms with E-state index in [1.807, 2.05) is 12.1 Å². The SMILES string of the molecule is CC1(C)CNC(c2cc(Cl)nc(-c3ccnc(N)n3)c2)CO1. The van der Waals surface area contributed by atoms with Crippen molar-refractivity contribution in [3.8, 4) is 11.4 Å². The second-order valence-corrected chi connectivity index (χ2v) is 6.30. The van der Waals surface area contributed by atoms with Crippen molar-refractivity contribution >= 4 is 17.5 Å². The number of nitrogens with one attached hydrogen (secondary N) is 1. The van der Waals surface area contributed by atoms with Gasteiger partial charge in [-0.15, -0.1) is 0 Å². The molecular formula is C15H18ClN5O. The Morgan fingerprint density at radius 3 is 2.82 bits per heavy atom. The summed E-state index contributed by atoms with van der Waals surface area (Å²) in [5.41, 5.74) is 7.81. The van der Waals surface area contributed by atoms with Crippen molar-refractivity contribution in [2.45, 2.75) is 25.5 Å². The number of hydrogen-bond donors (Lipinski definition) is 2. The number of nitrogen functional groups attached to an aromatic ring is 1. The smallest absolute Gasteiger partial charge is 0.220 e. The molecule has 2 aromatic heterocycles. The van der Waals surface area contributed by atoms with Crippen molar-refractivity contribution < 1.29 is 4.74 Å². The number of halogens is 1. The van der Waals surface area contributed by atoms with E-state index >= 15 is 0 Å². The van der Waals surface area contributed by atoms with Gasteiger partial charge in [-0.2, -0.15) is 0 Å². The fourth-order valence-corrected chi connectivity index (χ4v) is 2.58. The van der Waals surface area contributed by atoms with Crippen molar-refractivity contribution in [3.05, 3.63) is 35.1 Å². The average molecular weight is 320 g/mol. The Labute approximate surface area is 134 Å². The molecule has 1 atom stereocenters. The molecule has 0 aromatic carbocycles. The van der Waals surface area contributed by atoms with Gasteiger partial charge in [0.2, 0.25) is 5.95 Å². The minimum atomic E-state index is -0.155. The van der Waals surface area contributed by atoms with Gasteiger partial charge in [0, 0.05) is 12.7 Å². The predicted molar refractivity (Wildman–Crippen MR) is 85.5 cm³/mol. The molecular weight excluding hydrogens is 302 g/mol. The average Bonchev–Trinajstić information content (AvgIpc) is 2.46. The van der Waals surface area contributed by atoms with E-state index in [-0.39, 0.29) is 17.6 Å². The molecule has 0 saturated carbocycles. The molecule has 2 aromatic rings. The second-order valence-electron chi connectivity index (χ2n) is 5.91. The molecule has 1 aliphatic rings. The Balaban J connectivity index is 1.91. The zero-order valence-electron chi connectivity index (χ0n) is 12.5. The van der Waals surface area contributed by atoms with Crippen molar-refractivity contribution in [1.82, 2.24) is 20.3 Å². The lowest BCUT2D eigenvalue weighted by Gasteiger charge is -2.36. The zero-order valence-corrected chi connectivity index (χ0v) is 13.3. The van der Waals surface area contributed by atoms with E-state index in [1.54, 1.807) is 12.3 Å². The van der Waals surface area contributed by atoms with Crippen LogP contribution in [-0.4, -0.2) is 33.7 Å². The van der Waals surface area contributed by atoms with Crippen molar-refractivity contribution in [3.63, 3.8) is 0 Å². The number of nitrogens with two attached hydrogens (primary N) is 1. The molecule has 3 rings (SSSR count).